The van der Waals surface area contributed by atoms with Crippen molar-refractivity contribution < 1.29 is 0 Å². The minimum atomic E-state index is 0.622. The lowest BCUT2D eigenvalue weighted by molar-refractivity contribution is 0.284. The molecule has 1 fully saturated rings. The van der Waals surface area contributed by atoms with Gasteiger partial charge in [0.05, 0.1) is 15.7 Å². The second kappa shape index (κ2) is 8.39. The van der Waals surface area contributed by atoms with Gasteiger partial charge in [-0.2, -0.15) is 0 Å². The van der Waals surface area contributed by atoms with Crippen molar-refractivity contribution in [1.82, 2.24) is 9.47 Å². The molecule has 0 unspecified atom stereocenters. The second-order valence-corrected chi connectivity index (χ2v) is 7.70. The Morgan fingerprint density at radius 3 is 2.15 bits per heavy atom. The van der Waals surface area contributed by atoms with Crippen LogP contribution in [0.15, 0.2) is 67.0 Å². The van der Waals surface area contributed by atoms with Crippen LogP contribution >= 0.6 is 23.2 Å². The number of nitrogens with zero attached hydrogens (tertiary/aromatic N) is 3. The van der Waals surface area contributed by atoms with Crippen LogP contribution in [0, 0.1) is 0 Å². The molecule has 3 nitrogen and oxygen atoms in total. The van der Waals surface area contributed by atoms with Gasteiger partial charge in [-0.1, -0.05) is 65.7 Å². The van der Waals surface area contributed by atoms with Crippen molar-refractivity contribution >= 4 is 39.7 Å². The van der Waals surface area contributed by atoms with Gasteiger partial charge in [0.2, 0.25) is 0 Å². The lowest BCUT2D eigenvalue weighted by Gasteiger charge is -2.36. The highest BCUT2D eigenvalue weighted by Crippen LogP contribution is 2.32. The molecule has 0 saturated carbocycles. The van der Waals surface area contributed by atoms with Crippen LogP contribution in [-0.4, -0.2) is 42.2 Å². The van der Waals surface area contributed by atoms with Crippen LogP contribution in [0.25, 0.3) is 10.8 Å². The number of piperazine rings is 1. The maximum absolute atomic E-state index is 6.35. The number of hydrogen-bond acceptors (Lipinski definition) is 2. The fraction of sp³-hybridized carbons (Fsp3) is 0.273. The molecule has 4 rings (SSSR count). The molecule has 3 aromatic rings. The molecule has 1 saturated heterocycles. The van der Waals surface area contributed by atoms with Crippen molar-refractivity contribution in [3.8, 4) is 0 Å². The fourth-order valence-corrected chi connectivity index (χ4v) is 3.99. The summed E-state index contributed by atoms with van der Waals surface area (Å²) in [6.45, 7) is 5.89. The van der Waals surface area contributed by atoms with Gasteiger partial charge in [0, 0.05) is 51.7 Å². The molecular formula is C22H23Cl2N3. The standard InChI is InChI=1S/C22H23Cl2N3/c23-20-8-5-9-21(22(20)24)27-14-12-25(13-15-27)10-3-4-11-26-16-18-6-1-2-7-19(18)17-26/h1-9,16-17H,10-15H2. The van der Waals surface area contributed by atoms with Crippen LogP contribution in [0.2, 0.25) is 10.0 Å². The first-order valence-electron chi connectivity index (χ1n) is 9.31. The zero-order chi connectivity index (χ0) is 18.6. The summed E-state index contributed by atoms with van der Waals surface area (Å²) < 4.78 is 2.24. The molecule has 0 atom stereocenters. The van der Waals surface area contributed by atoms with Gasteiger partial charge in [0.25, 0.3) is 0 Å². The largest absolute Gasteiger partial charge is 0.368 e. The van der Waals surface area contributed by atoms with E-state index in [0.717, 1.165) is 45.0 Å². The highest BCUT2D eigenvalue weighted by molar-refractivity contribution is 6.43. The topological polar surface area (TPSA) is 11.4 Å². The summed E-state index contributed by atoms with van der Waals surface area (Å²) in [6.07, 6.45) is 8.92. The number of aromatic nitrogens is 1. The predicted octanol–water partition coefficient (Wildman–Crippen LogP) is 5.33. The monoisotopic (exact) mass is 399 g/mol. The Bertz CT molecular complexity index is 907. The van der Waals surface area contributed by atoms with Crippen molar-refractivity contribution in [1.29, 1.82) is 0 Å². The highest BCUT2D eigenvalue weighted by Gasteiger charge is 2.18. The molecule has 0 N–H and O–H groups in total. The van der Waals surface area contributed by atoms with Crippen molar-refractivity contribution in [3.63, 3.8) is 0 Å². The molecule has 1 aliphatic rings. The molecule has 0 amide bonds. The normalized spacial score (nSPS) is 15.9. The first-order valence-corrected chi connectivity index (χ1v) is 10.1. The number of rotatable bonds is 5. The van der Waals surface area contributed by atoms with Gasteiger partial charge in [0.15, 0.2) is 0 Å². The average Bonchev–Trinajstić information content (AvgIpc) is 3.11. The zero-order valence-electron chi connectivity index (χ0n) is 15.2. The Labute approximate surface area is 170 Å². The number of hydrogen-bond donors (Lipinski definition) is 0. The maximum atomic E-state index is 6.35. The van der Waals surface area contributed by atoms with Crippen molar-refractivity contribution in [2.75, 3.05) is 37.6 Å². The number of fused-ring (bicyclic) bond motifs is 1. The lowest BCUT2D eigenvalue weighted by atomic mass is 10.2. The summed E-state index contributed by atoms with van der Waals surface area (Å²) in [6, 6.07) is 14.3. The van der Waals surface area contributed by atoms with Gasteiger partial charge in [-0.25, -0.2) is 0 Å². The minimum Gasteiger partial charge on any atom is -0.368 e. The fourth-order valence-electron chi connectivity index (χ4n) is 3.57. The summed E-state index contributed by atoms with van der Waals surface area (Å²) in [5.41, 5.74) is 1.04. The minimum absolute atomic E-state index is 0.622. The second-order valence-electron chi connectivity index (χ2n) is 6.92. The molecule has 0 bridgehead atoms. The SMILES string of the molecule is Clc1cccc(N2CCN(CC=CCn3cc4ccccc4c3)CC2)c1Cl. The number of allylic oxidation sites excluding steroid dienone is 1. The van der Waals surface area contributed by atoms with Crippen molar-refractivity contribution in [3.05, 3.63) is 77.1 Å². The van der Waals surface area contributed by atoms with E-state index in [2.05, 4.69) is 63.2 Å². The Balaban J connectivity index is 1.27. The van der Waals surface area contributed by atoms with E-state index in [0.29, 0.717) is 10.0 Å². The summed E-state index contributed by atoms with van der Waals surface area (Å²) in [7, 11) is 0. The summed E-state index contributed by atoms with van der Waals surface area (Å²) in [5.74, 6) is 0. The Kier molecular flexibility index (Phi) is 5.72. The van der Waals surface area contributed by atoms with E-state index < -0.39 is 0 Å². The Morgan fingerprint density at radius 1 is 0.778 bits per heavy atom. The summed E-state index contributed by atoms with van der Waals surface area (Å²) in [4.78, 5) is 4.79. The molecule has 1 aliphatic heterocycles. The van der Waals surface area contributed by atoms with E-state index in [1.54, 1.807) is 0 Å². The van der Waals surface area contributed by atoms with E-state index >= 15 is 0 Å². The first kappa shape index (κ1) is 18.4. The molecule has 1 aromatic heterocycles. The van der Waals surface area contributed by atoms with E-state index in [4.69, 9.17) is 23.2 Å². The third kappa shape index (κ3) is 4.32. The van der Waals surface area contributed by atoms with Crippen LogP contribution < -0.4 is 4.90 Å². The Hall–Kier alpha value is -1.94. The maximum Gasteiger partial charge on any atom is 0.0825 e. The third-order valence-corrected chi connectivity index (χ3v) is 5.91. The highest BCUT2D eigenvalue weighted by atomic mass is 35.5. The van der Waals surface area contributed by atoms with Crippen LogP contribution in [0.4, 0.5) is 5.69 Å². The zero-order valence-corrected chi connectivity index (χ0v) is 16.7. The average molecular weight is 400 g/mol. The molecule has 0 radical (unpaired) electrons. The van der Waals surface area contributed by atoms with Gasteiger partial charge >= 0.3 is 0 Å². The van der Waals surface area contributed by atoms with Crippen LogP contribution in [0.1, 0.15) is 0 Å². The van der Waals surface area contributed by atoms with Gasteiger partial charge in [0.1, 0.15) is 0 Å². The van der Waals surface area contributed by atoms with E-state index in [-0.39, 0.29) is 0 Å². The molecular weight excluding hydrogens is 377 g/mol. The summed E-state index contributed by atoms with van der Waals surface area (Å²) in [5, 5.41) is 3.87. The summed E-state index contributed by atoms with van der Waals surface area (Å²) >= 11 is 12.5. The predicted molar refractivity (Wildman–Crippen MR) is 116 cm³/mol. The Morgan fingerprint density at radius 2 is 1.44 bits per heavy atom. The van der Waals surface area contributed by atoms with Crippen LogP contribution in [0.3, 0.4) is 0 Å². The quantitative estimate of drug-likeness (QED) is 0.537. The smallest absolute Gasteiger partial charge is 0.0825 e. The van der Waals surface area contributed by atoms with Crippen LogP contribution in [0.5, 0.6) is 0 Å². The van der Waals surface area contributed by atoms with Gasteiger partial charge in [-0.3, -0.25) is 4.90 Å². The first-order chi connectivity index (χ1) is 13.2. The molecule has 140 valence electrons. The molecule has 2 aromatic carbocycles. The van der Waals surface area contributed by atoms with Gasteiger partial charge in [-0.05, 0) is 22.9 Å². The molecule has 0 spiro atoms. The van der Waals surface area contributed by atoms with Crippen molar-refractivity contribution in [2.45, 2.75) is 6.54 Å². The van der Waals surface area contributed by atoms with E-state index in [1.807, 2.05) is 18.2 Å². The van der Waals surface area contributed by atoms with Gasteiger partial charge in [-0.15, -0.1) is 0 Å². The third-order valence-electron chi connectivity index (χ3n) is 5.10. The van der Waals surface area contributed by atoms with E-state index in [9.17, 15) is 0 Å². The number of halogens is 2. The number of anilines is 1. The van der Waals surface area contributed by atoms with Gasteiger partial charge < -0.3 is 9.47 Å². The molecule has 27 heavy (non-hydrogen) atoms. The molecule has 5 heteroatoms. The van der Waals surface area contributed by atoms with Crippen LogP contribution in [-0.2, 0) is 6.54 Å². The lowest BCUT2D eigenvalue weighted by Crippen LogP contribution is -2.46. The van der Waals surface area contributed by atoms with E-state index in [1.165, 1.54) is 10.8 Å². The molecule has 2 heterocycles. The molecule has 0 aliphatic carbocycles. The van der Waals surface area contributed by atoms with Crippen molar-refractivity contribution in [2.24, 2.45) is 0 Å². The number of benzene rings is 2.